The zero-order valence-corrected chi connectivity index (χ0v) is 36.1. The minimum absolute atomic E-state index is 1.10. The van der Waals surface area contributed by atoms with Crippen molar-refractivity contribution in [2.24, 2.45) is 0 Å². The standard InChI is InChI=1S/C50H95N2/c1-3-5-7-9-11-13-15-17-19-21-23-25-27-29-31-33-35-37-39-41-43-45-49-47-50(52-48-51-49)46-44-42-40-38-36-34-32-30-28-26-24-22-20-18-16-14-12-10-8-6-4-2/h47H,3-46H2,1-2H3. The Bertz CT molecular complexity index is 729. The first-order chi connectivity index (χ1) is 25.9. The Kier molecular flexibility index (Phi) is 40.4. The smallest absolute Gasteiger partial charge is 0.198 e. The van der Waals surface area contributed by atoms with Gasteiger partial charge in [-0.15, -0.1) is 0 Å². The van der Waals surface area contributed by atoms with Crippen LogP contribution in [0.5, 0.6) is 0 Å². The van der Waals surface area contributed by atoms with E-state index in [-0.39, 0.29) is 0 Å². The second-order valence-electron chi connectivity index (χ2n) is 17.1. The third kappa shape index (κ3) is 37.4. The highest BCUT2D eigenvalue weighted by molar-refractivity contribution is 5.08. The zero-order chi connectivity index (χ0) is 37.1. The van der Waals surface area contributed by atoms with Crippen LogP contribution < -0.4 is 0 Å². The third-order valence-electron chi connectivity index (χ3n) is 11.8. The average molecular weight is 724 g/mol. The van der Waals surface area contributed by atoms with Crippen molar-refractivity contribution >= 4 is 0 Å². The molecular formula is C50H95N2. The van der Waals surface area contributed by atoms with E-state index in [1.54, 1.807) is 0 Å². The number of aryl methyl sites for hydroxylation is 2. The van der Waals surface area contributed by atoms with E-state index in [0.29, 0.717) is 0 Å². The number of unbranched alkanes of at least 4 members (excludes halogenated alkanes) is 40. The first-order valence-electron chi connectivity index (χ1n) is 24.6. The molecule has 2 heteroatoms. The lowest BCUT2D eigenvalue weighted by Crippen LogP contribution is -1.97. The van der Waals surface area contributed by atoms with Gasteiger partial charge in [0, 0.05) is 11.4 Å². The lowest BCUT2D eigenvalue weighted by atomic mass is 10.0. The largest absolute Gasteiger partial charge is 0.230 e. The molecule has 52 heavy (non-hydrogen) atoms. The van der Waals surface area contributed by atoms with Crippen LogP contribution in [0.25, 0.3) is 0 Å². The molecule has 0 aliphatic carbocycles. The molecule has 0 atom stereocenters. The van der Waals surface area contributed by atoms with Crippen molar-refractivity contribution < 1.29 is 0 Å². The Morgan fingerprint density at radius 3 is 0.635 bits per heavy atom. The lowest BCUT2D eigenvalue weighted by molar-refractivity contribution is 0.520. The fourth-order valence-electron chi connectivity index (χ4n) is 8.14. The van der Waals surface area contributed by atoms with Crippen LogP contribution in [0.2, 0.25) is 0 Å². The second kappa shape index (κ2) is 42.8. The molecule has 305 valence electrons. The van der Waals surface area contributed by atoms with Crippen molar-refractivity contribution in [3.8, 4) is 0 Å². The highest BCUT2D eigenvalue weighted by Crippen LogP contribution is 2.18. The summed E-state index contributed by atoms with van der Waals surface area (Å²) in [6, 6.07) is 2.27. The van der Waals surface area contributed by atoms with Gasteiger partial charge in [0.25, 0.3) is 0 Å². The number of rotatable bonds is 44. The van der Waals surface area contributed by atoms with Crippen molar-refractivity contribution in [2.45, 2.75) is 296 Å². The van der Waals surface area contributed by atoms with Gasteiger partial charge in [0.2, 0.25) is 0 Å². The molecule has 0 bridgehead atoms. The van der Waals surface area contributed by atoms with Gasteiger partial charge < -0.3 is 0 Å². The van der Waals surface area contributed by atoms with Gasteiger partial charge in [-0.05, 0) is 31.7 Å². The quantitative estimate of drug-likeness (QED) is 0.0627. The van der Waals surface area contributed by atoms with E-state index < -0.39 is 0 Å². The Balaban J connectivity index is 1.79. The molecule has 0 saturated carbocycles. The fourth-order valence-corrected chi connectivity index (χ4v) is 8.14. The minimum Gasteiger partial charge on any atom is -0.230 e. The SMILES string of the molecule is CCCCCCCCCCCCCCCCCCCCCCCc1cc(CCCCCCCCCCCCCCCCCCCCCCC)n[c]n1. The Hall–Kier alpha value is -0.920. The van der Waals surface area contributed by atoms with Gasteiger partial charge >= 0.3 is 0 Å². The number of nitrogens with zero attached hydrogens (tertiary/aromatic N) is 2. The average Bonchev–Trinajstić information content (AvgIpc) is 3.16. The molecule has 0 N–H and O–H groups in total. The highest BCUT2D eigenvalue weighted by Gasteiger charge is 2.02. The first-order valence-corrected chi connectivity index (χ1v) is 24.6. The molecule has 1 radical (unpaired) electrons. The Morgan fingerprint density at radius 1 is 0.269 bits per heavy atom. The Labute approximate surface area is 329 Å². The molecule has 0 aromatic carbocycles. The molecule has 2 nitrogen and oxygen atoms in total. The molecule has 1 heterocycles. The number of aromatic nitrogens is 2. The summed E-state index contributed by atoms with van der Waals surface area (Å²) in [4.78, 5) is 8.92. The molecule has 0 amide bonds. The summed E-state index contributed by atoms with van der Waals surface area (Å²) in [5, 5.41) is 0. The molecule has 1 aromatic heterocycles. The fraction of sp³-hybridized carbons (Fsp3) is 0.920. The van der Waals surface area contributed by atoms with Crippen LogP contribution in [0.4, 0.5) is 0 Å². The molecule has 0 aliphatic rings. The second-order valence-corrected chi connectivity index (χ2v) is 17.1. The van der Waals surface area contributed by atoms with Crippen LogP contribution in [0.15, 0.2) is 6.07 Å². The van der Waals surface area contributed by atoms with Gasteiger partial charge in [-0.3, -0.25) is 0 Å². The van der Waals surface area contributed by atoms with Crippen LogP contribution in [-0.4, -0.2) is 9.97 Å². The van der Waals surface area contributed by atoms with Crippen LogP contribution >= 0.6 is 0 Å². The lowest BCUT2D eigenvalue weighted by Gasteiger charge is -2.05. The van der Waals surface area contributed by atoms with Gasteiger partial charge in [0.15, 0.2) is 6.33 Å². The van der Waals surface area contributed by atoms with Gasteiger partial charge in [-0.1, -0.05) is 271 Å². The normalized spacial score (nSPS) is 11.6. The maximum absolute atomic E-state index is 4.46. The molecule has 0 aliphatic heterocycles. The molecular weight excluding hydrogens is 629 g/mol. The van der Waals surface area contributed by atoms with E-state index in [1.165, 1.54) is 281 Å². The summed E-state index contributed by atoms with van der Waals surface area (Å²) in [6.07, 6.45) is 65.6. The first kappa shape index (κ1) is 49.1. The van der Waals surface area contributed by atoms with E-state index in [2.05, 4.69) is 36.2 Å². The van der Waals surface area contributed by atoms with Crippen LogP contribution in [0, 0.1) is 6.33 Å². The van der Waals surface area contributed by atoms with E-state index in [9.17, 15) is 0 Å². The van der Waals surface area contributed by atoms with E-state index in [0.717, 1.165) is 12.8 Å². The van der Waals surface area contributed by atoms with Crippen molar-refractivity contribution in [1.82, 2.24) is 9.97 Å². The molecule has 1 rings (SSSR count). The van der Waals surface area contributed by atoms with Crippen LogP contribution in [-0.2, 0) is 12.8 Å². The van der Waals surface area contributed by atoms with Crippen molar-refractivity contribution in [3.05, 3.63) is 23.8 Å². The molecule has 1 aromatic rings. The molecule has 0 saturated heterocycles. The molecule has 0 unspecified atom stereocenters. The van der Waals surface area contributed by atoms with E-state index in [4.69, 9.17) is 0 Å². The van der Waals surface area contributed by atoms with Gasteiger partial charge in [0.05, 0.1) is 0 Å². The highest BCUT2D eigenvalue weighted by atomic mass is 14.8. The predicted octanol–water partition coefficient (Wildman–Crippen LogP) is 17.8. The van der Waals surface area contributed by atoms with Crippen molar-refractivity contribution in [2.75, 3.05) is 0 Å². The monoisotopic (exact) mass is 724 g/mol. The summed E-state index contributed by atoms with van der Waals surface area (Å²) in [7, 11) is 0. The van der Waals surface area contributed by atoms with Gasteiger partial charge in [-0.25, -0.2) is 9.97 Å². The van der Waals surface area contributed by atoms with Gasteiger partial charge in [0.1, 0.15) is 0 Å². The van der Waals surface area contributed by atoms with Crippen LogP contribution in [0.3, 0.4) is 0 Å². The van der Waals surface area contributed by atoms with E-state index in [1.807, 2.05) is 0 Å². The van der Waals surface area contributed by atoms with Gasteiger partial charge in [-0.2, -0.15) is 0 Å². The molecule has 0 spiro atoms. The summed E-state index contributed by atoms with van der Waals surface area (Å²) in [6.45, 7) is 4.61. The maximum atomic E-state index is 4.46. The van der Waals surface area contributed by atoms with Crippen LogP contribution in [0.1, 0.15) is 295 Å². The zero-order valence-electron chi connectivity index (χ0n) is 36.1. The topological polar surface area (TPSA) is 25.8 Å². The van der Waals surface area contributed by atoms with Crippen molar-refractivity contribution in [3.63, 3.8) is 0 Å². The maximum Gasteiger partial charge on any atom is 0.198 e. The summed E-state index contributed by atoms with van der Waals surface area (Å²) in [5.41, 5.74) is 2.43. The molecule has 0 fully saturated rings. The number of hydrogen-bond acceptors (Lipinski definition) is 2. The predicted molar refractivity (Wildman–Crippen MR) is 234 cm³/mol. The minimum atomic E-state index is 1.10. The summed E-state index contributed by atoms with van der Waals surface area (Å²) in [5.74, 6) is 0. The Morgan fingerprint density at radius 2 is 0.442 bits per heavy atom. The number of hydrogen-bond donors (Lipinski definition) is 0. The van der Waals surface area contributed by atoms with Crippen molar-refractivity contribution in [1.29, 1.82) is 0 Å². The third-order valence-corrected chi connectivity index (χ3v) is 11.8. The van der Waals surface area contributed by atoms with E-state index >= 15 is 0 Å². The summed E-state index contributed by atoms with van der Waals surface area (Å²) < 4.78 is 0. The summed E-state index contributed by atoms with van der Waals surface area (Å²) >= 11 is 0.